The number of nitro groups is 1. The minimum atomic E-state index is -0.689. The molecule has 0 radical (unpaired) electrons. The van der Waals surface area contributed by atoms with Crippen LogP contribution in [0.15, 0.2) is 46.9 Å². The zero-order valence-electron chi connectivity index (χ0n) is 12.4. The lowest BCUT2D eigenvalue weighted by molar-refractivity contribution is -0.385. The minimum absolute atomic E-state index is 0.0126. The Bertz CT molecular complexity index is 792. The topological polar surface area (TPSA) is 111 Å². The summed E-state index contributed by atoms with van der Waals surface area (Å²) in [5.41, 5.74) is 4.46. The number of hydrogen-bond acceptors (Lipinski definition) is 5. The summed E-state index contributed by atoms with van der Waals surface area (Å²) in [5.74, 6) is -1.17. The van der Waals surface area contributed by atoms with Crippen LogP contribution in [0.3, 0.4) is 0 Å². The molecule has 0 aliphatic carbocycles. The van der Waals surface area contributed by atoms with Crippen molar-refractivity contribution in [2.45, 2.75) is 0 Å². The van der Waals surface area contributed by atoms with E-state index < -0.39 is 16.7 Å². The second-order valence-corrected chi connectivity index (χ2v) is 5.47. The van der Waals surface area contributed by atoms with Crippen molar-refractivity contribution in [1.29, 1.82) is 0 Å². The Morgan fingerprint density at radius 1 is 1.04 bits per heavy atom. The maximum Gasteiger partial charge on any atom is 0.311 e. The van der Waals surface area contributed by atoms with Crippen LogP contribution in [0.2, 0.25) is 0 Å². The van der Waals surface area contributed by atoms with Gasteiger partial charge < -0.3 is 4.74 Å². The third kappa shape index (κ3) is 4.07. The molecule has 9 heteroatoms. The van der Waals surface area contributed by atoms with Gasteiger partial charge in [-0.2, -0.15) is 0 Å². The fraction of sp³-hybridized carbons (Fsp3) is 0.0667. The molecule has 2 rings (SSSR count). The average Bonchev–Trinajstić information content (AvgIpc) is 2.59. The molecule has 0 unspecified atom stereocenters. The Hall–Kier alpha value is -2.94. The standard InChI is InChI=1S/C15H12BrN3O5/c1-24-13-7-4-10(8-12(13)19(22)23)15(21)18-17-14(20)9-2-5-11(16)6-3-9/h2-8H,1H3,(H,17,20)(H,18,21). The number of nitrogens with zero attached hydrogens (tertiary/aromatic N) is 1. The lowest BCUT2D eigenvalue weighted by Gasteiger charge is -2.08. The molecule has 0 bridgehead atoms. The number of ether oxygens (including phenoxy) is 1. The molecule has 0 aliphatic rings. The first-order valence-electron chi connectivity index (χ1n) is 6.61. The van der Waals surface area contributed by atoms with Gasteiger partial charge in [-0.05, 0) is 36.4 Å². The molecular formula is C15H12BrN3O5. The summed E-state index contributed by atoms with van der Waals surface area (Å²) < 4.78 is 5.67. The van der Waals surface area contributed by atoms with Gasteiger partial charge in [-0.25, -0.2) is 0 Å². The second kappa shape index (κ2) is 7.55. The van der Waals surface area contributed by atoms with Crippen molar-refractivity contribution in [3.8, 4) is 5.75 Å². The maximum absolute atomic E-state index is 12.0. The maximum atomic E-state index is 12.0. The average molecular weight is 394 g/mol. The number of nitrogens with one attached hydrogen (secondary N) is 2. The van der Waals surface area contributed by atoms with Gasteiger partial charge in [-0.15, -0.1) is 0 Å². The molecule has 0 atom stereocenters. The largest absolute Gasteiger partial charge is 0.490 e. The molecule has 0 aliphatic heterocycles. The summed E-state index contributed by atoms with van der Waals surface area (Å²) in [4.78, 5) is 34.2. The monoisotopic (exact) mass is 393 g/mol. The van der Waals surface area contributed by atoms with Gasteiger partial charge in [0.2, 0.25) is 0 Å². The highest BCUT2D eigenvalue weighted by molar-refractivity contribution is 9.10. The minimum Gasteiger partial charge on any atom is -0.490 e. The van der Waals surface area contributed by atoms with Crippen LogP contribution < -0.4 is 15.6 Å². The Morgan fingerprint density at radius 3 is 2.12 bits per heavy atom. The van der Waals surface area contributed by atoms with E-state index in [1.54, 1.807) is 24.3 Å². The predicted octanol–water partition coefficient (Wildman–Crippen LogP) is 2.44. The van der Waals surface area contributed by atoms with E-state index in [0.29, 0.717) is 5.56 Å². The van der Waals surface area contributed by atoms with Gasteiger partial charge in [0.05, 0.1) is 12.0 Å². The van der Waals surface area contributed by atoms with E-state index in [1.807, 2.05) is 0 Å². The molecule has 2 aromatic carbocycles. The summed E-state index contributed by atoms with van der Waals surface area (Å²) in [6.45, 7) is 0. The SMILES string of the molecule is COc1ccc(C(=O)NNC(=O)c2ccc(Br)cc2)cc1[N+](=O)[O-]. The summed E-state index contributed by atoms with van der Waals surface area (Å²) in [6.07, 6.45) is 0. The number of carbonyl (C=O) groups excluding carboxylic acids is 2. The molecule has 2 amide bonds. The van der Waals surface area contributed by atoms with Crippen molar-refractivity contribution in [1.82, 2.24) is 10.9 Å². The van der Waals surface area contributed by atoms with Crippen LogP contribution in [0.4, 0.5) is 5.69 Å². The molecule has 2 N–H and O–H groups in total. The Labute approximate surface area is 145 Å². The molecule has 8 nitrogen and oxygen atoms in total. The van der Waals surface area contributed by atoms with E-state index in [9.17, 15) is 19.7 Å². The van der Waals surface area contributed by atoms with E-state index in [2.05, 4.69) is 26.8 Å². The highest BCUT2D eigenvalue weighted by atomic mass is 79.9. The number of halogens is 1. The molecule has 0 aromatic heterocycles. The van der Waals surface area contributed by atoms with Gasteiger partial charge in [-0.3, -0.25) is 30.6 Å². The van der Waals surface area contributed by atoms with Gasteiger partial charge in [0.25, 0.3) is 11.8 Å². The Morgan fingerprint density at radius 2 is 1.58 bits per heavy atom. The molecule has 0 spiro atoms. The number of benzene rings is 2. The molecule has 0 saturated heterocycles. The van der Waals surface area contributed by atoms with Crippen molar-refractivity contribution in [3.63, 3.8) is 0 Å². The number of hydrogen-bond donors (Lipinski definition) is 2. The van der Waals surface area contributed by atoms with Gasteiger partial charge >= 0.3 is 5.69 Å². The van der Waals surface area contributed by atoms with Gasteiger partial charge in [0, 0.05) is 21.7 Å². The summed E-state index contributed by atoms with van der Waals surface area (Å²) in [5, 5.41) is 11.0. The first kappa shape index (κ1) is 17.4. The van der Waals surface area contributed by atoms with E-state index in [0.717, 1.165) is 10.5 Å². The normalized spacial score (nSPS) is 9.92. The number of rotatable bonds is 4. The van der Waals surface area contributed by atoms with Gasteiger partial charge in [-0.1, -0.05) is 15.9 Å². The van der Waals surface area contributed by atoms with Crippen molar-refractivity contribution in [2.24, 2.45) is 0 Å². The molecule has 0 saturated carbocycles. The summed E-state index contributed by atoms with van der Waals surface area (Å²) >= 11 is 3.25. The van der Waals surface area contributed by atoms with Crippen LogP contribution in [0.5, 0.6) is 5.75 Å². The van der Waals surface area contributed by atoms with E-state index in [1.165, 1.54) is 19.2 Å². The van der Waals surface area contributed by atoms with E-state index in [-0.39, 0.29) is 17.0 Å². The van der Waals surface area contributed by atoms with Crippen molar-refractivity contribution in [3.05, 3.63) is 68.2 Å². The van der Waals surface area contributed by atoms with Crippen LogP contribution in [-0.2, 0) is 0 Å². The lowest BCUT2D eigenvalue weighted by Crippen LogP contribution is -2.41. The fourth-order valence-electron chi connectivity index (χ4n) is 1.83. The molecular weight excluding hydrogens is 382 g/mol. The fourth-order valence-corrected chi connectivity index (χ4v) is 2.10. The molecule has 124 valence electrons. The van der Waals surface area contributed by atoms with Crippen LogP contribution in [-0.4, -0.2) is 23.8 Å². The Balaban J connectivity index is 2.07. The zero-order chi connectivity index (χ0) is 17.7. The van der Waals surface area contributed by atoms with Crippen LogP contribution in [0.1, 0.15) is 20.7 Å². The van der Waals surface area contributed by atoms with Crippen LogP contribution in [0, 0.1) is 10.1 Å². The molecule has 0 heterocycles. The van der Waals surface area contributed by atoms with Crippen LogP contribution in [0.25, 0.3) is 0 Å². The van der Waals surface area contributed by atoms with Crippen LogP contribution >= 0.6 is 15.9 Å². The van der Waals surface area contributed by atoms with Gasteiger partial charge in [0.15, 0.2) is 5.75 Å². The predicted molar refractivity (Wildman–Crippen MR) is 88.7 cm³/mol. The highest BCUT2D eigenvalue weighted by Crippen LogP contribution is 2.27. The summed E-state index contributed by atoms with van der Waals surface area (Å²) in [7, 11) is 1.29. The molecule has 2 aromatic rings. The number of amides is 2. The number of hydrazine groups is 1. The second-order valence-electron chi connectivity index (χ2n) is 4.56. The third-order valence-electron chi connectivity index (χ3n) is 3.03. The number of methoxy groups -OCH3 is 1. The zero-order valence-corrected chi connectivity index (χ0v) is 14.0. The highest BCUT2D eigenvalue weighted by Gasteiger charge is 2.18. The Kier molecular flexibility index (Phi) is 5.48. The van der Waals surface area contributed by atoms with Crippen molar-refractivity contribution in [2.75, 3.05) is 7.11 Å². The lowest BCUT2D eigenvalue weighted by atomic mass is 10.2. The third-order valence-corrected chi connectivity index (χ3v) is 3.56. The van der Waals surface area contributed by atoms with E-state index >= 15 is 0 Å². The van der Waals surface area contributed by atoms with Crippen molar-refractivity contribution < 1.29 is 19.2 Å². The quantitative estimate of drug-likeness (QED) is 0.612. The molecule has 24 heavy (non-hydrogen) atoms. The first-order valence-corrected chi connectivity index (χ1v) is 7.40. The van der Waals surface area contributed by atoms with Crippen molar-refractivity contribution >= 4 is 33.4 Å². The van der Waals surface area contributed by atoms with E-state index in [4.69, 9.17) is 4.74 Å². The number of carbonyl (C=O) groups is 2. The smallest absolute Gasteiger partial charge is 0.311 e. The van der Waals surface area contributed by atoms with Gasteiger partial charge in [0.1, 0.15) is 0 Å². The number of nitro benzene ring substituents is 1. The first-order chi connectivity index (χ1) is 11.4. The summed E-state index contributed by atoms with van der Waals surface area (Å²) in [6, 6.07) is 10.2. The molecule has 0 fully saturated rings.